The molecule has 0 aromatic rings. The summed E-state index contributed by atoms with van der Waals surface area (Å²) in [7, 11) is 4.29. The van der Waals surface area contributed by atoms with Crippen molar-refractivity contribution in [3.8, 4) is 0 Å². The van der Waals surface area contributed by atoms with Crippen molar-refractivity contribution in [3.63, 3.8) is 0 Å². The molecule has 0 rings (SSSR count). The zero-order valence-electron chi connectivity index (χ0n) is 17.6. The van der Waals surface area contributed by atoms with Crippen molar-refractivity contribution in [1.82, 2.24) is 0 Å². The van der Waals surface area contributed by atoms with Gasteiger partial charge in [0.25, 0.3) is 0 Å². The van der Waals surface area contributed by atoms with E-state index in [1.54, 1.807) is 0 Å². The van der Waals surface area contributed by atoms with Gasteiger partial charge in [-0.1, -0.05) is 96.8 Å². The Bertz CT molecular complexity index is 246. The zero-order valence-corrected chi connectivity index (χ0v) is 19.2. The average molecular weight is 425 g/mol. The summed E-state index contributed by atoms with van der Waals surface area (Å²) in [5, 5.41) is 0. The number of hydrogen-bond acceptors (Lipinski definition) is 0. The minimum atomic E-state index is -0.189. The molecule has 0 aromatic carbocycles. The van der Waals surface area contributed by atoms with Crippen LogP contribution >= 0.6 is 0 Å². The fourth-order valence-electron chi connectivity index (χ4n) is 3.43. The van der Waals surface area contributed by atoms with Gasteiger partial charge in [0.05, 0.1) is 20.6 Å². The van der Waals surface area contributed by atoms with Crippen LogP contribution in [0.15, 0.2) is 0 Å². The van der Waals surface area contributed by atoms with Crippen molar-refractivity contribution in [1.29, 1.82) is 0 Å². The number of hydrogen-bond donors (Lipinski definition) is 0. The Labute approximate surface area is 169 Å². The molecular weight excluding hydrogens is 377 g/mol. The smallest absolute Gasteiger partial charge is 0.138 e. The molecule has 25 heavy (non-hydrogen) atoms. The van der Waals surface area contributed by atoms with Gasteiger partial charge in [-0.15, -0.1) is 0 Å². The SMILES string of the molecule is CCCCCCCCCCCCCCCCCC[N+](C)(C)CCF.[Br-]. The molecule has 0 aromatic heterocycles. The number of quaternary nitrogens is 1. The molecule has 0 unspecified atom stereocenters. The highest BCUT2D eigenvalue weighted by Crippen LogP contribution is 2.14. The number of alkyl halides is 1. The summed E-state index contributed by atoms with van der Waals surface area (Å²) in [6.45, 7) is 3.89. The van der Waals surface area contributed by atoms with E-state index in [-0.39, 0.29) is 23.7 Å². The van der Waals surface area contributed by atoms with Crippen LogP contribution in [0.3, 0.4) is 0 Å². The third-order valence-electron chi connectivity index (χ3n) is 5.31. The molecular formula is C22H47BrFN. The molecule has 0 radical (unpaired) electrons. The van der Waals surface area contributed by atoms with Crippen molar-refractivity contribution in [2.75, 3.05) is 33.9 Å². The maximum atomic E-state index is 12.4. The lowest BCUT2D eigenvalue weighted by molar-refractivity contribution is -0.890. The van der Waals surface area contributed by atoms with Crippen LogP contribution in [0.5, 0.6) is 0 Å². The van der Waals surface area contributed by atoms with Crippen molar-refractivity contribution in [2.24, 2.45) is 0 Å². The van der Waals surface area contributed by atoms with E-state index in [1.807, 2.05) is 0 Å². The topological polar surface area (TPSA) is 0 Å². The van der Waals surface area contributed by atoms with Crippen LogP contribution in [0.25, 0.3) is 0 Å². The summed E-state index contributed by atoms with van der Waals surface area (Å²) >= 11 is 0. The van der Waals surface area contributed by atoms with Gasteiger partial charge in [-0.25, -0.2) is 4.39 Å². The minimum Gasteiger partial charge on any atom is -1.00 e. The van der Waals surface area contributed by atoms with Gasteiger partial charge in [-0.3, -0.25) is 0 Å². The molecule has 0 saturated carbocycles. The van der Waals surface area contributed by atoms with E-state index in [1.165, 1.54) is 103 Å². The summed E-state index contributed by atoms with van der Waals surface area (Å²) in [5.74, 6) is 0. The summed E-state index contributed by atoms with van der Waals surface area (Å²) in [6.07, 6.45) is 22.6. The lowest BCUT2D eigenvalue weighted by Gasteiger charge is -2.28. The second-order valence-corrected chi connectivity index (χ2v) is 8.38. The molecule has 0 fully saturated rings. The first-order chi connectivity index (χ1) is 11.6. The van der Waals surface area contributed by atoms with Crippen LogP contribution in [0.2, 0.25) is 0 Å². The molecule has 0 atom stereocenters. The van der Waals surface area contributed by atoms with Crippen LogP contribution in [0.1, 0.15) is 110 Å². The molecule has 0 N–H and O–H groups in total. The molecule has 0 aliphatic rings. The Balaban J connectivity index is 0. The first-order valence-electron chi connectivity index (χ1n) is 11.0. The van der Waals surface area contributed by atoms with E-state index >= 15 is 0 Å². The fraction of sp³-hybridized carbons (Fsp3) is 1.00. The number of rotatable bonds is 19. The number of nitrogens with zero attached hydrogens (tertiary/aromatic N) is 1. The van der Waals surface area contributed by atoms with Crippen LogP contribution in [0, 0.1) is 0 Å². The van der Waals surface area contributed by atoms with Crippen molar-refractivity contribution < 1.29 is 25.9 Å². The third kappa shape index (κ3) is 22.3. The standard InChI is InChI=1S/C22H47FN.BrH/c1-4-5-6-7-8-9-10-11-12-13-14-15-16-17-18-19-21-24(2,3)22-20-23;/h4-22H2,1-3H3;1H/q+1;/p-1. The molecule has 0 amide bonds. The largest absolute Gasteiger partial charge is 1.00 e. The van der Waals surface area contributed by atoms with Gasteiger partial charge in [-0.05, 0) is 12.8 Å². The van der Waals surface area contributed by atoms with Crippen molar-refractivity contribution in [3.05, 3.63) is 0 Å². The fourth-order valence-corrected chi connectivity index (χ4v) is 3.43. The minimum absolute atomic E-state index is 0. The predicted octanol–water partition coefficient (Wildman–Crippen LogP) is 4.30. The maximum Gasteiger partial charge on any atom is 0.138 e. The first kappa shape index (κ1) is 27.6. The van der Waals surface area contributed by atoms with Gasteiger partial charge in [0.15, 0.2) is 0 Å². The predicted molar refractivity (Wildman–Crippen MR) is 107 cm³/mol. The van der Waals surface area contributed by atoms with Gasteiger partial charge < -0.3 is 21.5 Å². The quantitative estimate of drug-likeness (QED) is 0.214. The van der Waals surface area contributed by atoms with E-state index < -0.39 is 0 Å². The van der Waals surface area contributed by atoms with Gasteiger partial charge in [0.1, 0.15) is 13.2 Å². The van der Waals surface area contributed by atoms with Crippen LogP contribution in [0.4, 0.5) is 4.39 Å². The van der Waals surface area contributed by atoms with Gasteiger partial charge >= 0.3 is 0 Å². The Morgan fingerprint density at radius 2 is 0.840 bits per heavy atom. The van der Waals surface area contributed by atoms with Gasteiger partial charge in [0, 0.05) is 0 Å². The molecule has 0 heterocycles. The Kier molecular flexibility index (Phi) is 22.8. The van der Waals surface area contributed by atoms with E-state index in [4.69, 9.17) is 0 Å². The molecule has 0 saturated heterocycles. The highest BCUT2D eigenvalue weighted by Gasteiger charge is 2.13. The highest BCUT2D eigenvalue weighted by molar-refractivity contribution is 4.50. The Morgan fingerprint density at radius 3 is 1.16 bits per heavy atom. The summed E-state index contributed by atoms with van der Waals surface area (Å²) in [4.78, 5) is 0. The van der Waals surface area contributed by atoms with Crippen LogP contribution in [-0.2, 0) is 0 Å². The second-order valence-electron chi connectivity index (χ2n) is 8.38. The highest BCUT2D eigenvalue weighted by atomic mass is 79.9. The Hall–Kier alpha value is 0.370. The normalized spacial score (nSPS) is 11.5. The van der Waals surface area contributed by atoms with E-state index in [2.05, 4.69) is 21.0 Å². The van der Waals surface area contributed by atoms with Gasteiger partial charge in [0.2, 0.25) is 0 Å². The zero-order chi connectivity index (χ0) is 17.9. The van der Waals surface area contributed by atoms with E-state index in [9.17, 15) is 4.39 Å². The first-order valence-corrected chi connectivity index (χ1v) is 11.0. The van der Waals surface area contributed by atoms with E-state index in [0.29, 0.717) is 6.54 Å². The molecule has 0 bridgehead atoms. The van der Waals surface area contributed by atoms with Crippen molar-refractivity contribution in [2.45, 2.75) is 110 Å². The summed E-state index contributed by atoms with van der Waals surface area (Å²) in [5.41, 5.74) is 0. The number of halogens is 2. The molecule has 0 aliphatic heterocycles. The number of unbranched alkanes of at least 4 members (excludes halogenated alkanes) is 15. The maximum absolute atomic E-state index is 12.4. The van der Waals surface area contributed by atoms with E-state index in [0.717, 1.165) is 11.0 Å². The lowest BCUT2D eigenvalue weighted by Crippen LogP contribution is -3.00. The molecule has 0 aliphatic carbocycles. The summed E-state index contributed by atoms with van der Waals surface area (Å²) in [6, 6.07) is 0. The van der Waals surface area contributed by atoms with Crippen LogP contribution in [-0.4, -0.2) is 38.3 Å². The van der Waals surface area contributed by atoms with Crippen molar-refractivity contribution >= 4 is 0 Å². The second kappa shape index (κ2) is 20.7. The molecule has 154 valence electrons. The van der Waals surface area contributed by atoms with Crippen LogP contribution < -0.4 is 17.0 Å². The third-order valence-corrected chi connectivity index (χ3v) is 5.31. The molecule has 1 nitrogen and oxygen atoms in total. The van der Waals surface area contributed by atoms with Gasteiger partial charge in [-0.2, -0.15) is 0 Å². The lowest BCUT2D eigenvalue weighted by atomic mass is 10.0. The monoisotopic (exact) mass is 423 g/mol. The molecule has 0 spiro atoms. The average Bonchev–Trinajstić information content (AvgIpc) is 2.54. The Morgan fingerprint density at radius 1 is 0.520 bits per heavy atom. The summed E-state index contributed by atoms with van der Waals surface area (Å²) < 4.78 is 13.2. The molecule has 3 heteroatoms.